The summed E-state index contributed by atoms with van der Waals surface area (Å²) >= 11 is 1.54. The first-order chi connectivity index (χ1) is 10.2. The van der Waals surface area contributed by atoms with Gasteiger partial charge in [0, 0.05) is 18.0 Å². The van der Waals surface area contributed by atoms with Gasteiger partial charge in [0.05, 0.1) is 18.4 Å². The fraction of sp³-hybridized carbons (Fsp3) is 0.125. The summed E-state index contributed by atoms with van der Waals surface area (Å²) in [7, 11) is 3.23. The molecule has 4 nitrogen and oxygen atoms in total. The first kappa shape index (κ1) is 13.6. The van der Waals surface area contributed by atoms with E-state index in [0.717, 1.165) is 27.5 Å². The summed E-state index contributed by atoms with van der Waals surface area (Å²) in [6, 6.07) is 11.6. The lowest BCUT2D eigenvalue weighted by Gasteiger charge is -1.99. The summed E-state index contributed by atoms with van der Waals surface area (Å²) in [5.41, 5.74) is 4.24. The van der Waals surface area contributed by atoms with Crippen LogP contribution in [0.5, 0.6) is 0 Å². The molecule has 21 heavy (non-hydrogen) atoms. The second-order valence-electron chi connectivity index (χ2n) is 4.49. The van der Waals surface area contributed by atoms with Gasteiger partial charge in [0.25, 0.3) is 0 Å². The van der Waals surface area contributed by atoms with Crippen LogP contribution in [0.2, 0.25) is 0 Å². The highest BCUT2D eigenvalue weighted by atomic mass is 32.1. The topological polar surface area (TPSA) is 51.2 Å². The van der Waals surface area contributed by atoms with Gasteiger partial charge < -0.3 is 10.1 Å². The number of ether oxygens (including phenoxy) is 1. The number of thiazole rings is 1. The van der Waals surface area contributed by atoms with Crippen molar-refractivity contribution >= 4 is 22.4 Å². The predicted molar refractivity (Wildman–Crippen MR) is 85.1 cm³/mol. The van der Waals surface area contributed by atoms with Crippen LogP contribution < -0.4 is 5.32 Å². The van der Waals surface area contributed by atoms with Gasteiger partial charge in [0.2, 0.25) is 0 Å². The zero-order valence-electron chi connectivity index (χ0n) is 11.7. The SMILES string of the molecule is CNc1nc(-c2cc(C(=O)OC)c3cccccc2-3)cs1. The molecule has 0 amide bonds. The van der Waals surface area contributed by atoms with Crippen LogP contribution in [0.25, 0.3) is 22.4 Å². The van der Waals surface area contributed by atoms with Crippen molar-refractivity contribution in [1.29, 1.82) is 0 Å². The van der Waals surface area contributed by atoms with Gasteiger partial charge in [0.1, 0.15) is 0 Å². The van der Waals surface area contributed by atoms with E-state index in [1.54, 1.807) is 0 Å². The Balaban J connectivity index is 2.22. The predicted octanol–water partition coefficient (Wildman–Crippen LogP) is 3.74. The Morgan fingerprint density at radius 3 is 2.62 bits per heavy atom. The van der Waals surface area contributed by atoms with Crippen molar-refractivity contribution in [2.45, 2.75) is 0 Å². The van der Waals surface area contributed by atoms with Crippen molar-refractivity contribution in [2.75, 3.05) is 19.5 Å². The number of carbonyl (C=O) groups is 1. The smallest absolute Gasteiger partial charge is 0.338 e. The fourth-order valence-electron chi connectivity index (χ4n) is 2.32. The van der Waals surface area contributed by atoms with Crippen LogP contribution in [0.15, 0.2) is 41.8 Å². The number of carbonyl (C=O) groups excluding carboxylic acids is 1. The normalized spacial score (nSPS) is 10.6. The molecule has 0 radical (unpaired) electrons. The van der Waals surface area contributed by atoms with E-state index in [2.05, 4.69) is 10.3 Å². The quantitative estimate of drug-likeness (QED) is 0.748. The molecule has 0 aliphatic heterocycles. The number of hydrogen-bond donors (Lipinski definition) is 1. The van der Waals surface area contributed by atoms with Gasteiger partial charge in [0.15, 0.2) is 5.13 Å². The zero-order chi connectivity index (χ0) is 14.8. The Morgan fingerprint density at radius 1 is 1.19 bits per heavy atom. The maximum atomic E-state index is 12.0. The van der Waals surface area contributed by atoms with Gasteiger partial charge in [-0.05, 0) is 17.2 Å². The number of esters is 1. The summed E-state index contributed by atoms with van der Waals surface area (Å²) in [6.45, 7) is 0. The Morgan fingerprint density at radius 2 is 1.95 bits per heavy atom. The molecule has 0 atom stereocenters. The van der Waals surface area contributed by atoms with Crippen molar-refractivity contribution in [3.8, 4) is 22.4 Å². The number of nitrogens with one attached hydrogen (secondary N) is 1. The van der Waals surface area contributed by atoms with Gasteiger partial charge in [-0.2, -0.15) is 0 Å². The lowest BCUT2D eigenvalue weighted by atomic mass is 10.1. The van der Waals surface area contributed by atoms with E-state index in [1.165, 1.54) is 18.4 Å². The second-order valence-corrected chi connectivity index (χ2v) is 5.35. The number of rotatable bonds is 3. The summed E-state index contributed by atoms with van der Waals surface area (Å²) < 4.78 is 4.88. The molecular formula is C16H14N2O2S. The first-order valence-electron chi connectivity index (χ1n) is 6.48. The molecule has 0 aromatic carbocycles. The van der Waals surface area contributed by atoms with E-state index in [-0.39, 0.29) is 5.97 Å². The molecule has 106 valence electrons. The molecule has 0 saturated heterocycles. The van der Waals surface area contributed by atoms with Crippen LogP contribution in [0.4, 0.5) is 5.13 Å². The number of anilines is 1. The lowest BCUT2D eigenvalue weighted by molar-refractivity contribution is 0.0602. The highest BCUT2D eigenvalue weighted by Gasteiger charge is 2.22. The maximum Gasteiger partial charge on any atom is 0.338 e. The van der Waals surface area contributed by atoms with E-state index in [9.17, 15) is 4.79 Å². The maximum absolute atomic E-state index is 12.0. The highest BCUT2D eigenvalue weighted by molar-refractivity contribution is 7.14. The Hall–Kier alpha value is -2.40. The van der Waals surface area contributed by atoms with Crippen LogP contribution in [0.1, 0.15) is 10.4 Å². The van der Waals surface area contributed by atoms with Crippen LogP contribution in [-0.2, 0) is 4.74 Å². The highest BCUT2D eigenvalue weighted by Crippen LogP contribution is 2.39. The molecule has 1 N–H and O–H groups in total. The molecule has 3 rings (SSSR count). The molecule has 0 saturated carbocycles. The first-order valence-corrected chi connectivity index (χ1v) is 7.36. The van der Waals surface area contributed by atoms with Crippen molar-refractivity contribution in [1.82, 2.24) is 4.98 Å². The number of hydrogen-bond acceptors (Lipinski definition) is 5. The molecule has 0 bridgehead atoms. The van der Waals surface area contributed by atoms with Gasteiger partial charge in [-0.15, -0.1) is 11.3 Å². The van der Waals surface area contributed by atoms with E-state index in [1.807, 2.05) is 48.8 Å². The molecule has 1 aromatic rings. The third-order valence-corrected chi connectivity index (χ3v) is 4.17. The molecule has 2 aliphatic carbocycles. The van der Waals surface area contributed by atoms with Gasteiger partial charge >= 0.3 is 5.97 Å². The van der Waals surface area contributed by atoms with Crippen molar-refractivity contribution in [3.63, 3.8) is 0 Å². The molecule has 0 spiro atoms. The molecule has 0 unspecified atom stereocenters. The molecule has 0 fully saturated rings. The van der Waals surface area contributed by atoms with Crippen LogP contribution >= 0.6 is 11.3 Å². The van der Waals surface area contributed by atoms with E-state index in [0.29, 0.717) is 5.56 Å². The van der Waals surface area contributed by atoms with E-state index >= 15 is 0 Å². The molecule has 5 heteroatoms. The largest absolute Gasteiger partial charge is 0.465 e. The standard InChI is InChI=1S/C16H14N2O2S/c1-17-16-18-14(9-21-16)12-8-13(15(19)20-2)11-7-5-3-4-6-10(11)12/h3-9H,1-2H3,(H,17,18). The summed E-state index contributed by atoms with van der Waals surface area (Å²) in [5.74, 6) is -0.332. The molecule has 2 aliphatic rings. The second kappa shape index (κ2) is 5.54. The lowest BCUT2D eigenvalue weighted by Crippen LogP contribution is -1.99. The summed E-state index contributed by atoms with van der Waals surface area (Å²) in [4.78, 5) is 16.5. The van der Waals surface area contributed by atoms with Crippen molar-refractivity contribution in [3.05, 3.63) is 47.3 Å². The number of methoxy groups -OCH3 is 1. The van der Waals surface area contributed by atoms with Gasteiger partial charge in [-0.1, -0.05) is 30.3 Å². The average Bonchev–Trinajstić information content (AvgIpc) is 3.04. The Bertz CT molecular complexity index is 767. The minimum atomic E-state index is -0.332. The molecule has 1 aromatic heterocycles. The van der Waals surface area contributed by atoms with E-state index < -0.39 is 0 Å². The Labute approximate surface area is 126 Å². The third kappa shape index (κ3) is 2.36. The molecular weight excluding hydrogens is 284 g/mol. The number of nitrogens with zero attached hydrogens (tertiary/aromatic N) is 1. The van der Waals surface area contributed by atoms with Crippen LogP contribution in [-0.4, -0.2) is 25.1 Å². The minimum Gasteiger partial charge on any atom is -0.465 e. The number of fused-ring (bicyclic) bond motifs is 1. The zero-order valence-corrected chi connectivity index (χ0v) is 12.5. The summed E-state index contributed by atoms with van der Waals surface area (Å²) in [5, 5.41) is 5.86. The van der Waals surface area contributed by atoms with Crippen LogP contribution in [0.3, 0.4) is 0 Å². The monoisotopic (exact) mass is 298 g/mol. The van der Waals surface area contributed by atoms with Crippen molar-refractivity contribution in [2.24, 2.45) is 0 Å². The minimum absolute atomic E-state index is 0.332. The van der Waals surface area contributed by atoms with Crippen LogP contribution in [0, 0.1) is 0 Å². The Kier molecular flexibility index (Phi) is 3.58. The van der Waals surface area contributed by atoms with Gasteiger partial charge in [-0.25, -0.2) is 9.78 Å². The van der Waals surface area contributed by atoms with E-state index in [4.69, 9.17) is 4.74 Å². The third-order valence-electron chi connectivity index (χ3n) is 3.31. The van der Waals surface area contributed by atoms with Gasteiger partial charge in [-0.3, -0.25) is 0 Å². The fourth-order valence-corrected chi connectivity index (χ4v) is 2.99. The number of aromatic nitrogens is 1. The molecule has 1 heterocycles. The van der Waals surface area contributed by atoms with Crippen molar-refractivity contribution < 1.29 is 9.53 Å². The average molecular weight is 298 g/mol. The summed E-state index contributed by atoms with van der Waals surface area (Å²) in [6.07, 6.45) is 0.